The van der Waals surface area contributed by atoms with Gasteiger partial charge in [0.2, 0.25) is 0 Å². The van der Waals surface area contributed by atoms with E-state index in [2.05, 4.69) is 20.1 Å². The van der Waals surface area contributed by atoms with E-state index in [1.54, 1.807) is 24.3 Å². The van der Waals surface area contributed by atoms with Gasteiger partial charge in [0.05, 0.1) is 19.8 Å². The van der Waals surface area contributed by atoms with E-state index in [4.69, 9.17) is 14.6 Å². The quantitative estimate of drug-likeness (QED) is 0.448. The number of hydrogen-bond acceptors (Lipinski definition) is 7. The van der Waals surface area contributed by atoms with Crippen molar-refractivity contribution in [3.05, 3.63) is 78.5 Å². The molecule has 0 saturated carbocycles. The number of carbonyl (C=O) groups is 1. The molecule has 178 valence electrons. The van der Waals surface area contributed by atoms with Crippen LogP contribution < -0.4 is 19.9 Å². The number of anilines is 3. The summed E-state index contributed by atoms with van der Waals surface area (Å²) in [5.74, 6) is 1.51. The van der Waals surface area contributed by atoms with E-state index >= 15 is 0 Å². The van der Waals surface area contributed by atoms with Crippen LogP contribution >= 0.6 is 0 Å². The smallest absolute Gasteiger partial charge is 0.255 e. The maximum absolute atomic E-state index is 12.6. The summed E-state index contributed by atoms with van der Waals surface area (Å²) in [5, 5.41) is 11.6. The molecule has 0 radical (unpaired) electrons. The minimum Gasteiger partial charge on any atom is -0.491 e. The van der Waals surface area contributed by atoms with Crippen molar-refractivity contribution in [1.29, 1.82) is 0 Å². The third-order valence-electron chi connectivity index (χ3n) is 5.59. The first-order valence-electron chi connectivity index (χ1n) is 11.5. The molecule has 2 heterocycles. The molecule has 3 aromatic rings. The van der Waals surface area contributed by atoms with Gasteiger partial charge < -0.3 is 29.7 Å². The highest BCUT2D eigenvalue weighted by Gasteiger charge is 2.18. The largest absolute Gasteiger partial charge is 0.491 e. The predicted molar refractivity (Wildman–Crippen MR) is 133 cm³/mol. The van der Waals surface area contributed by atoms with Crippen LogP contribution in [0.5, 0.6) is 5.75 Å². The molecule has 1 fully saturated rings. The summed E-state index contributed by atoms with van der Waals surface area (Å²) in [5.41, 5.74) is 2.45. The Morgan fingerprint density at radius 2 is 1.62 bits per heavy atom. The fraction of sp³-hybridized carbons (Fsp3) is 0.308. The number of hydrogen-bond donors (Lipinski definition) is 2. The van der Waals surface area contributed by atoms with E-state index in [1.807, 2.05) is 48.7 Å². The second-order valence-corrected chi connectivity index (χ2v) is 7.87. The van der Waals surface area contributed by atoms with E-state index in [-0.39, 0.29) is 12.5 Å². The molecule has 1 aromatic heterocycles. The maximum Gasteiger partial charge on any atom is 0.255 e. The summed E-state index contributed by atoms with van der Waals surface area (Å²) in [6, 6.07) is 20.9. The molecule has 1 amide bonds. The van der Waals surface area contributed by atoms with Gasteiger partial charge in [-0.1, -0.05) is 6.07 Å². The van der Waals surface area contributed by atoms with Gasteiger partial charge in [0.1, 0.15) is 18.2 Å². The first kappa shape index (κ1) is 23.5. The van der Waals surface area contributed by atoms with Gasteiger partial charge in [-0.2, -0.15) is 0 Å². The maximum atomic E-state index is 12.6. The normalized spacial score (nSPS) is 13.6. The van der Waals surface area contributed by atoms with Crippen molar-refractivity contribution in [2.75, 3.05) is 67.7 Å². The van der Waals surface area contributed by atoms with Crippen molar-refractivity contribution >= 4 is 23.1 Å². The van der Waals surface area contributed by atoms with Crippen LogP contribution in [0.1, 0.15) is 10.4 Å². The molecule has 1 saturated heterocycles. The molecule has 0 atom stereocenters. The third-order valence-corrected chi connectivity index (χ3v) is 5.59. The summed E-state index contributed by atoms with van der Waals surface area (Å²) in [6.45, 7) is 4.77. The molecule has 0 bridgehead atoms. The van der Waals surface area contributed by atoms with Gasteiger partial charge in [-0.05, 0) is 60.7 Å². The number of piperazine rings is 1. The van der Waals surface area contributed by atoms with Crippen LogP contribution in [-0.4, -0.2) is 68.6 Å². The van der Waals surface area contributed by atoms with Gasteiger partial charge in [0.15, 0.2) is 0 Å². The van der Waals surface area contributed by atoms with E-state index in [9.17, 15) is 4.79 Å². The number of ether oxygens (including phenoxy) is 2. The summed E-state index contributed by atoms with van der Waals surface area (Å²) in [4.78, 5) is 21.7. The topological polar surface area (TPSA) is 87.2 Å². The van der Waals surface area contributed by atoms with Crippen molar-refractivity contribution in [2.45, 2.75) is 0 Å². The molecule has 0 spiro atoms. The average Bonchev–Trinajstić information content (AvgIpc) is 2.90. The Kier molecular flexibility index (Phi) is 8.32. The molecule has 0 unspecified atom stereocenters. The Morgan fingerprint density at radius 1 is 0.882 bits per heavy atom. The standard InChI is InChI=1S/C26H30N4O4/c31-17-18-33-19-20-34-24-10-4-21(5-11-24)26(32)28-22-6-8-23(9-7-22)29-13-15-30(16-14-29)25-3-1-2-12-27-25/h1-12,31H,13-20H2,(H,28,32). The first-order chi connectivity index (χ1) is 16.7. The Morgan fingerprint density at radius 3 is 2.29 bits per heavy atom. The van der Waals surface area contributed by atoms with Gasteiger partial charge in [-0.3, -0.25) is 4.79 Å². The number of aliphatic hydroxyl groups is 1. The minimum atomic E-state index is -0.172. The van der Waals surface area contributed by atoms with E-state index < -0.39 is 0 Å². The van der Waals surface area contributed by atoms with Crippen LogP contribution in [-0.2, 0) is 4.74 Å². The molecular weight excluding hydrogens is 432 g/mol. The number of amides is 1. The molecule has 4 rings (SSSR count). The van der Waals surface area contributed by atoms with Crippen LogP contribution in [0.15, 0.2) is 72.9 Å². The molecule has 1 aliphatic heterocycles. The molecule has 0 aliphatic carbocycles. The second-order valence-electron chi connectivity index (χ2n) is 7.87. The molecule has 8 nitrogen and oxygen atoms in total. The summed E-state index contributed by atoms with van der Waals surface area (Å²) in [7, 11) is 0. The number of benzene rings is 2. The Hall–Kier alpha value is -3.62. The highest BCUT2D eigenvalue weighted by atomic mass is 16.5. The van der Waals surface area contributed by atoms with E-state index in [1.165, 1.54) is 0 Å². The van der Waals surface area contributed by atoms with Crippen molar-refractivity contribution < 1.29 is 19.4 Å². The van der Waals surface area contributed by atoms with Crippen molar-refractivity contribution in [3.63, 3.8) is 0 Å². The SMILES string of the molecule is O=C(Nc1ccc(N2CCN(c3ccccn3)CC2)cc1)c1ccc(OCCOCCO)cc1. The first-order valence-corrected chi connectivity index (χ1v) is 11.5. The highest BCUT2D eigenvalue weighted by Crippen LogP contribution is 2.22. The fourth-order valence-electron chi connectivity index (χ4n) is 3.78. The highest BCUT2D eigenvalue weighted by molar-refractivity contribution is 6.04. The number of pyridine rings is 1. The number of aliphatic hydroxyl groups excluding tert-OH is 1. The van der Waals surface area contributed by atoms with E-state index in [0.717, 1.165) is 43.4 Å². The van der Waals surface area contributed by atoms with Crippen LogP contribution in [0.2, 0.25) is 0 Å². The van der Waals surface area contributed by atoms with Gasteiger partial charge >= 0.3 is 0 Å². The lowest BCUT2D eigenvalue weighted by atomic mass is 10.2. The third kappa shape index (κ3) is 6.46. The van der Waals surface area contributed by atoms with Crippen molar-refractivity contribution in [1.82, 2.24) is 4.98 Å². The molecular formula is C26H30N4O4. The molecule has 2 N–H and O–H groups in total. The number of nitrogens with one attached hydrogen (secondary N) is 1. The number of nitrogens with zero attached hydrogens (tertiary/aromatic N) is 3. The summed E-state index contributed by atoms with van der Waals surface area (Å²) in [6.07, 6.45) is 1.83. The zero-order chi connectivity index (χ0) is 23.6. The van der Waals surface area contributed by atoms with Gasteiger partial charge in [-0.25, -0.2) is 4.98 Å². The van der Waals surface area contributed by atoms with Crippen molar-refractivity contribution in [2.24, 2.45) is 0 Å². The average molecular weight is 463 g/mol. The minimum absolute atomic E-state index is 0.00377. The van der Waals surface area contributed by atoms with Gasteiger partial charge in [-0.15, -0.1) is 0 Å². The lowest BCUT2D eigenvalue weighted by molar-refractivity contribution is 0.0705. The van der Waals surface area contributed by atoms with Crippen LogP contribution in [0, 0.1) is 0 Å². The zero-order valence-corrected chi connectivity index (χ0v) is 19.1. The number of carbonyl (C=O) groups excluding carboxylic acids is 1. The van der Waals surface area contributed by atoms with Gasteiger partial charge in [0, 0.05) is 49.3 Å². The number of rotatable bonds is 10. The lowest BCUT2D eigenvalue weighted by Gasteiger charge is -2.36. The summed E-state index contributed by atoms with van der Waals surface area (Å²) >= 11 is 0. The Labute approximate surface area is 199 Å². The molecule has 34 heavy (non-hydrogen) atoms. The lowest BCUT2D eigenvalue weighted by Crippen LogP contribution is -2.46. The number of aromatic nitrogens is 1. The fourth-order valence-corrected chi connectivity index (χ4v) is 3.78. The predicted octanol–water partition coefficient (Wildman–Crippen LogP) is 3.05. The van der Waals surface area contributed by atoms with Gasteiger partial charge in [0.25, 0.3) is 5.91 Å². The van der Waals surface area contributed by atoms with Crippen molar-refractivity contribution in [3.8, 4) is 5.75 Å². The zero-order valence-electron chi connectivity index (χ0n) is 19.1. The van der Waals surface area contributed by atoms with Crippen LogP contribution in [0.4, 0.5) is 17.2 Å². The van der Waals surface area contributed by atoms with Crippen LogP contribution in [0.25, 0.3) is 0 Å². The van der Waals surface area contributed by atoms with Crippen LogP contribution in [0.3, 0.4) is 0 Å². The Bertz CT molecular complexity index is 1020. The molecule has 2 aromatic carbocycles. The summed E-state index contributed by atoms with van der Waals surface area (Å²) < 4.78 is 10.7. The monoisotopic (exact) mass is 462 g/mol. The second kappa shape index (κ2) is 12.0. The molecule has 8 heteroatoms. The molecule has 1 aliphatic rings. The Balaban J connectivity index is 1.24. The van der Waals surface area contributed by atoms with E-state index in [0.29, 0.717) is 31.1 Å².